The van der Waals surface area contributed by atoms with Gasteiger partial charge in [0.15, 0.2) is 0 Å². The number of hydrogen-bond acceptors (Lipinski definition) is 4. The number of anilines is 2. The third kappa shape index (κ3) is 5.32. The molecule has 0 radical (unpaired) electrons. The van der Waals surface area contributed by atoms with Gasteiger partial charge in [0, 0.05) is 28.6 Å². The zero-order valence-electron chi connectivity index (χ0n) is 17.4. The van der Waals surface area contributed by atoms with Crippen molar-refractivity contribution in [1.82, 2.24) is 4.98 Å². The number of carbonyl (C=O) groups excluding carboxylic acids is 3. The van der Waals surface area contributed by atoms with E-state index in [0.717, 1.165) is 18.4 Å². The average molecular weight is 483 g/mol. The lowest BCUT2D eigenvalue weighted by Gasteiger charge is -2.15. The Morgan fingerprint density at radius 1 is 0.909 bits per heavy atom. The van der Waals surface area contributed by atoms with Crippen molar-refractivity contribution in [2.45, 2.75) is 24.7 Å². The summed E-state index contributed by atoms with van der Waals surface area (Å²) in [5, 5.41) is 6.20. The molecule has 0 unspecified atom stereocenters. The van der Waals surface area contributed by atoms with E-state index in [-0.39, 0.29) is 22.8 Å². The molecule has 0 spiro atoms. The van der Waals surface area contributed by atoms with Crippen molar-refractivity contribution in [3.8, 4) is 0 Å². The van der Waals surface area contributed by atoms with E-state index >= 15 is 0 Å². The van der Waals surface area contributed by atoms with E-state index in [1.165, 1.54) is 12.3 Å². The van der Waals surface area contributed by atoms with E-state index < -0.39 is 5.91 Å². The second-order valence-corrected chi connectivity index (χ2v) is 8.83. The van der Waals surface area contributed by atoms with Gasteiger partial charge in [-0.1, -0.05) is 35.3 Å². The zero-order valence-corrected chi connectivity index (χ0v) is 18.9. The Kier molecular flexibility index (Phi) is 6.35. The molecule has 1 aliphatic carbocycles. The maximum Gasteiger partial charge on any atom is 0.258 e. The summed E-state index contributed by atoms with van der Waals surface area (Å²) < 4.78 is 0. The quantitative estimate of drug-likeness (QED) is 0.448. The minimum atomic E-state index is -0.486. The summed E-state index contributed by atoms with van der Waals surface area (Å²) in [4.78, 5) is 41.1. The lowest BCUT2D eigenvalue weighted by molar-refractivity contribution is -0.118. The molecule has 2 aromatic carbocycles. The van der Waals surface area contributed by atoms with E-state index in [4.69, 9.17) is 28.9 Å². The number of carbonyl (C=O) groups is 3. The summed E-state index contributed by atoms with van der Waals surface area (Å²) in [5.41, 5.74) is 7.04. The maximum absolute atomic E-state index is 12.8. The van der Waals surface area contributed by atoms with Crippen LogP contribution in [0.1, 0.15) is 45.5 Å². The van der Waals surface area contributed by atoms with Crippen molar-refractivity contribution in [2.24, 2.45) is 5.73 Å². The van der Waals surface area contributed by atoms with E-state index in [1.807, 2.05) is 12.1 Å². The molecule has 1 aromatic heterocycles. The van der Waals surface area contributed by atoms with Gasteiger partial charge in [-0.25, -0.2) is 4.98 Å². The molecule has 9 heteroatoms. The van der Waals surface area contributed by atoms with Crippen LogP contribution in [0.2, 0.25) is 10.0 Å². The van der Waals surface area contributed by atoms with Crippen molar-refractivity contribution in [3.63, 3.8) is 0 Å². The number of nitrogens with two attached hydrogens (primary N) is 1. The first kappa shape index (κ1) is 22.8. The van der Waals surface area contributed by atoms with Crippen molar-refractivity contribution in [3.05, 3.63) is 87.5 Å². The first-order chi connectivity index (χ1) is 15.8. The normalized spacial score (nSPS) is 13.8. The molecule has 0 aliphatic heterocycles. The molecular weight excluding hydrogens is 463 g/mol. The van der Waals surface area contributed by atoms with Gasteiger partial charge in [0.2, 0.25) is 5.91 Å². The Morgan fingerprint density at radius 3 is 2.21 bits per heavy atom. The fourth-order valence-corrected chi connectivity index (χ4v) is 3.95. The number of hydrogen-bond donors (Lipinski definition) is 3. The monoisotopic (exact) mass is 482 g/mol. The predicted octanol–water partition coefficient (Wildman–Crippen LogP) is 4.80. The first-order valence-corrected chi connectivity index (χ1v) is 10.9. The van der Waals surface area contributed by atoms with Gasteiger partial charge < -0.3 is 16.4 Å². The Hall–Kier alpha value is -3.42. The molecule has 3 aromatic rings. The topological polar surface area (TPSA) is 114 Å². The zero-order chi connectivity index (χ0) is 23.6. The molecule has 33 heavy (non-hydrogen) atoms. The van der Waals surface area contributed by atoms with Crippen LogP contribution in [-0.4, -0.2) is 22.7 Å². The third-order valence-electron chi connectivity index (χ3n) is 5.57. The minimum Gasteiger partial charge on any atom is -0.370 e. The highest BCUT2D eigenvalue weighted by Crippen LogP contribution is 2.50. The van der Waals surface area contributed by atoms with Crippen molar-refractivity contribution in [2.75, 3.05) is 10.6 Å². The highest BCUT2D eigenvalue weighted by atomic mass is 35.5. The van der Waals surface area contributed by atoms with Gasteiger partial charge >= 0.3 is 0 Å². The van der Waals surface area contributed by atoms with Crippen molar-refractivity contribution >= 4 is 52.4 Å². The van der Waals surface area contributed by atoms with Crippen LogP contribution in [-0.2, 0) is 10.2 Å². The van der Waals surface area contributed by atoms with Crippen LogP contribution in [0.5, 0.6) is 0 Å². The Labute approximate surface area is 200 Å². The molecule has 1 aliphatic rings. The fourth-order valence-electron chi connectivity index (χ4n) is 3.67. The molecular formula is C24H20Cl2N4O3. The second-order valence-electron chi connectivity index (χ2n) is 7.96. The summed E-state index contributed by atoms with van der Waals surface area (Å²) in [6, 6.07) is 14.8. The van der Waals surface area contributed by atoms with Gasteiger partial charge in [0.1, 0.15) is 5.82 Å². The van der Waals surface area contributed by atoms with Crippen LogP contribution in [0.3, 0.4) is 0 Å². The largest absolute Gasteiger partial charge is 0.370 e. The maximum atomic E-state index is 12.8. The van der Waals surface area contributed by atoms with Crippen LogP contribution < -0.4 is 16.4 Å². The van der Waals surface area contributed by atoms with Crippen LogP contribution in [0, 0.1) is 0 Å². The molecule has 0 saturated heterocycles. The number of primary amides is 1. The fraction of sp³-hybridized carbons (Fsp3) is 0.167. The molecule has 4 N–H and O–H groups in total. The van der Waals surface area contributed by atoms with E-state index in [9.17, 15) is 14.4 Å². The molecule has 1 heterocycles. The van der Waals surface area contributed by atoms with Gasteiger partial charge in [-0.2, -0.15) is 0 Å². The number of halogens is 2. The Morgan fingerprint density at radius 2 is 1.61 bits per heavy atom. The summed E-state index contributed by atoms with van der Waals surface area (Å²) >= 11 is 11.9. The number of pyridine rings is 1. The number of aromatic nitrogens is 1. The molecule has 3 amide bonds. The standard InChI is InChI=1S/C24H20Cl2N4O3/c25-16-5-7-19(18(11-16)23(33)30-21-8-6-17(26)13-28-21)29-22(32)14-1-3-15(4-2-14)24(9-10-24)12-20(27)31/h1-8,11,13H,9-10,12H2,(H2,27,31)(H,29,32)(H,28,30,33). The van der Waals surface area contributed by atoms with Crippen LogP contribution in [0.15, 0.2) is 60.8 Å². The number of rotatable bonds is 7. The molecule has 4 rings (SSSR count). The summed E-state index contributed by atoms with van der Waals surface area (Å²) in [7, 11) is 0. The van der Waals surface area contributed by atoms with E-state index in [2.05, 4.69) is 15.6 Å². The molecule has 7 nitrogen and oxygen atoms in total. The van der Waals surface area contributed by atoms with Crippen molar-refractivity contribution < 1.29 is 14.4 Å². The summed E-state index contributed by atoms with van der Waals surface area (Å²) in [5.74, 6) is -0.902. The summed E-state index contributed by atoms with van der Waals surface area (Å²) in [6.45, 7) is 0. The lowest BCUT2D eigenvalue weighted by Crippen LogP contribution is -2.20. The van der Waals surface area contributed by atoms with Gasteiger partial charge in [-0.15, -0.1) is 0 Å². The molecule has 0 bridgehead atoms. The van der Waals surface area contributed by atoms with Crippen LogP contribution in [0.25, 0.3) is 0 Å². The number of nitrogens with zero attached hydrogens (tertiary/aromatic N) is 1. The second kappa shape index (κ2) is 9.21. The van der Waals surface area contributed by atoms with Gasteiger partial charge in [-0.3, -0.25) is 14.4 Å². The lowest BCUT2D eigenvalue weighted by atomic mass is 9.91. The van der Waals surface area contributed by atoms with Gasteiger partial charge in [0.05, 0.1) is 16.3 Å². The highest BCUT2D eigenvalue weighted by Gasteiger charge is 2.45. The average Bonchev–Trinajstić information content (AvgIpc) is 3.56. The van der Waals surface area contributed by atoms with Gasteiger partial charge in [-0.05, 0) is 60.9 Å². The van der Waals surface area contributed by atoms with Gasteiger partial charge in [0.25, 0.3) is 11.8 Å². The minimum absolute atomic E-state index is 0.183. The van der Waals surface area contributed by atoms with E-state index in [1.54, 1.807) is 36.4 Å². The Balaban J connectivity index is 1.50. The highest BCUT2D eigenvalue weighted by molar-refractivity contribution is 6.31. The first-order valence-electron chi connectivity index (χ1n) is 10.2. The van der Waals surface area contributed by atoms with Crippen molar-refractivity contribution in [1.29, 1.82) is 0 Å². The van der Waals surface area contributed by atoms with Crippen LogP contribution in [0.4, 0.5) is 11.5 Å². The molecule has 168 valence electrons. The SMILES string of the molecule is NC(=O)CC1(c2ccc(C(=O)Nc3ccc(Cl)cc3C(=O)Nc3ccc(Cl)cn3)cc2)CC1. The Bertz CT molecular complexity index is 1220. The van der Waals surface area contributed by atoms with Crippen LogP contribution >= 0.6 is 23.2 Å². The summed E-state index contributed by atoms with van der Waals surface area (Å²) in [6.07, 6.45) is 3.50. The smallest absolute Gasteiger partial charge is 0.258 e. The third-order valence-corrected chi connectivity index (χ3v) is 6.03. The predicted molar refractivity (Wildman–Crippen MR) is 128 cm³/mol. The number of benzene rings is 2. The van der Waals surface area contributed by atoms with E-state index in [0.29, 0.717) is 33.5 Å². The number of nitrogens with one attached hydrogen (secondary N) is 2. The number of amides is 3. The molecule has 0 atom stereocenters. The molecule has 1 fully saturated rings. The molecule has 1 saturated carbocycles.